The lowest BCUT2D eigenvalue weighted by atomic mass is 10.2. The highest BCUT2D eigenvalue weighted by Crippen LogP contribution is 2.11. The predicted octanol–water partition coefficient (Wildman–Crippen LogP) is 0.440. The third kappa shape index (κ3) is 2.49. The predicted molar refractivity (Wildman–Crippen MR) is 59.9 cm³/mol. The summed E-state index contributed by atoms with van der Waals surface area (Å²) in [5.74, 6) is -0.107. The molecular formula is C10H14N6O. The molecule has 0 aromatic carbocycles. The molecule has 0 aliphatic carbocycles. The quantitative estimate of drug-likeness (QED) is 0.803. The first-order chi connectivity index (χ1) is 8.18. The lowest BCUT2D eigenvalue weighted by molar-refractivity contribution is -0.124. The fourth-order valence-corrected chi connectivity index (χ4v) is 1.45. The Labute approximate surface area is 98.2 Å². The van der Waals surface area contributed by atoms with Crippen molar-refractivity contribution in [3.63, 3.8) is 0 Å². The molecule has 0 bridgehead atoms. The monoisotopic (exact) mass is 234 g/mol. The molecule has 7 nitrogen and oxygen atoms in total. The average Bonchev–Trinajstić information content (AvgIpc) is 3.00. The summed E-state index contributed by atoms with van der Waals surface area (Å²) in [4.78, 5) is 15.7. The molecule has 0 saturated heterocycles. The SMILES string of the molecule is CC(NC(=O)C(C)n1cncn1)c1cn[nH]c1. The maximum atomic E-state index is 11.9. The Kier molecular flexibility index (Phi) is 3.17. The molecule has 7 heteroatoms. The number of carbonyl (C=O) groups is 1. The summed E-state index contributed by atoms with van der Waals surface area (Å²) in [6.45, 7) is 3.67. The number of hydrogen-bond acceptors (Lipinski definition) is 4. The van der Waals surface area contributed by atoms with Gasteiger partial charge in [0, 0.05) is 11.8 Å². The van der Waals surface area contributed by atoms with E-state index in [4.69, 9.17) is 0 Å². The number of carbonyl (C=O) groups excluding carboxylic acids is 1. The van der Waals surface area contributed by atoms with E-state index in [0.717, 1.165) is 5.56 Å². The molecular weight excluding hydrogens is 220 g/mol. The van der Waals surface area contributed by atoms with Crippen molar-refractivity contribution in [1.82, 2.24) is 30.3 Å². The van der Waals surface area contributed by atoms with Crippen molar-refractivity contribution in [1.29, 1.82) is 0 Å². The molecule has 17 heavy (non-hydrogen) atoms. The summed E-state index contributed by atoms with van der Waals surface area (Å²) < 4.78 is 1.51. The van der Waals surface area contributed by atoms with Crippen molar-refractivity contribution in [2.45, 2.75) is 25.9 Å². The Balaban J connectivity index is 1.98. The van der Waals surface area contributed by atoms with E-state index in [0.29, 0.717) is 0 Å². The van der Waals surface area contributed by atoms with Crippen molar-refractivity contribution < 1.29 is 4.79 Å². The normalized spacial score (nSPS) is 14.2. The number of H-pyrrole nitrogens is 1. The van der Waals surface area contributed by atoms with Crippen LogP contribution in [0.2, 0.25) is 0 Å². The molecule has 0 spiro atoms. The molecule has 2 rings (SSSR count). The van der Waals surface area contributed by atoms with Crippen LogP contribution < -0.4 is 5.32 Å². The molecule has 0 aliphatic heterocycles. The van der Waals surface area contributed by atoms with E-state index in [1.807, 2.05) is 6.92 Å². The van der Waals surface area contributed by atoms with Crippen LogP contribution in [0.4, 0.5) is 0 Å². The molecule has 0 aliphatic rings. The van der Waals surface area contributed by atoms with E-state index in [-0.39, 0.29) is 18.0 Å². The van der Waals surface area contributed by atoms with Gasteiger partial charge in [-0.2, -0.15) is 10.2 Å². The highest BCUT2D eigenvalue weighted by molar-refractivity contribution is 5.80. The fourth-order valence-electron chi connectivity index (χ4n) is 1.45. The summed E-state index contributed by atoms with van der Waals surface area (Å²) in [5, 5.41) is 13.4. The third-order valence-electron chi connectivity index (χ3n) is 2.59. The summed E-state index contributed by atoms with van der Waals surface area (Å²) in [6, 6.07) is -0.473. The fraction of sp³-hybridized carbons (Fsp3) is 0.400. The van der Waals surface area contributed by atoms with Crippen molar-refractivity contribution in [2.24, 2.45) is 0 Å². The molecule has 2 N–H and O–H groups in total. The first kappa shape index (κ1) is 11.3. The number of nitrogens with one attached hydrogen (secondary N) is 2. The van der Waals surface area contributed by atoms with E-state index in [2.05, 4.69) is 25.6 Å². The molecule has 0 radical (unpaired) electrons. The van der Waals surface area contributed by atoms with Gasteiger partial charge in [0.1, 0.15) is 18.7 Å². The van der Waals surface area contributed by atoms with E-state index in [1.165, 1.54) is 17.3 Å². The number of hydrogen-bond donors (Lipinski definition) is 2. The summed E-state index contributed by atoms with van der Waals surface area (Å²) in [5.41, 5.74) is 0.934. The van der Waals surface area contributed by atoms with E-state index < -0.39 is 0 Å². The molecule has 2 unspecified atom stereocenters. The second-order valence-electron chi connectivity index (χ2n) is 3.81. The van der Waals surface area contributed by atoms with Crippen LogP contribution in [0.15, 0.2) is 25.0 Å². The average molecular weight is 234 g/mol. The van der Waals surface area contributed by atoms with Gasteiger partial charge in [0.25, 0.3) is 0 Å². The highest BCUT2D eigenvalue weighted by Gasteiger charge is 2.18. The van der Waals surface area contributed by atoms with Crippen LogP contribution in [0.5, 0.6) is 0 Å². The van der Waals surface area contributed by atoms with Gasteiger partial charge in [0.2, 0.25) is 5.91 Å². The van der Waals surface area contributed by atoms with Gasteiger partial charge in [-0.3, -0.25) is 9.89 Å². The Morgan fingerprint density at radius 2 is 2.35 bits per heavy atom. The Bertz CT molecular complexity index is 463. The first-order valence-electron chi connectivity index (χ1n) is 5.31. The smallest absolute Gasteiger partial charge is 0.245 e. The lowest BCUT2D eigenvalue weighted by Gasteiger charge is -2.16. The van der Waals surface area contributed by atoms with Gasteiger partial charge in [-0.05, 0) is 13.8 Å². The maximum absolute atomic E-state index is 11.9. The zero-order chi connectivity index (χ0) is 12.3. The van der Waals surface area contributed by atoms with Gasteiger partial charge in [-0.1, -0.05) is 0 Å². The van der Waals surface area contributed by atoms with Crippen molar-refractivity contribution in [2.75, 3.05) is 0 Å². The topological polar surface area (TPSA) is 88.5 Å². The minimum absolute atomic E-state index is 0.0905. The molecule has 2 atom stereocenters. The van der Waals surface area contributed by atoms with Crippen molar-refractivity contribution in [3.05, 3.63) is 30.6 Å². The number of amides is 1. The van der Waals surface area contributed by atoms with Crippen LogP contribution in [0.1, 0.15) is 31.5 Å². The van der Waals surface area contributed by atoms with E-state index in [1.54, 1.807) is 19.3 Å². The van der Waals surface area contributed by atoms with Gasteiger partial charge in [-0.25, -0.2) is 9.67 Å². The second kappa shape index (κ2) is 4.77. The summed E-state index contributed by atoms with van der Waals surface area (Å²) in [7, 11) is 0. The minimum atomic E-state index is -0.383. The number of aromatic nitrogens is 5. The van der Waals surface area contributed by atoms with Gasteiger partial charge in [0.05, 0.1) is 12.2 Å². The van der Waals surface area contributed by atoms with Crippen LogP contribution in [0, 0.1) is 0 Å². The van der Waals surface area contributed by atoms with Crippen LogP contribution in [0.25, 0.3) is 0 Å². The molecule has 0 fully saturated rings. The maximum Gasteiger partial charge on any atom is 0.245 e. The molecule has 2 aromatic heterocycles. The Morgan fingerprint density at radius 3 is 2.94 bits per heavy atom. The first-order valence-corrected chi connectivity index (χ1v) is 5.31. The number of aromatic amines is 1. The molecule has 2 heterocycles. The Morgan fingerprint density at radius 1 is 1.53 bits per heavy atom. The molecule has 90 valence electrons. The molecule has 0 saturated carbocycles. The van der Waals surface area contributed by atoms with Crippen molar-refractivity contribution >= 4 is 5.91 Å². The molecule has 1 amide bonds. The van der Waals surface area contributed by atoms with Crippen LogP contribution in [0.3, 0.4) is 0 Å². The highest BCUT2D eigenvalue weighted by atomic mass is 16.2. The van der Waals surface area contributed by atoms with Gasteiger partial charge >= 0.3 is 0 Å². The van der Waals surface area contributed by atoms with Gasteiger partial charge in [-0.15, -0.1) is 0 Å². The minimum Gasteiger partial charge on any atom is -0.348 e. The zero-order valence-electron chi connectivity index (χ0n) is 9.66. The van der Waals surface area contributed by atoms with Crippen LogP contribution >= 0.6 is 0 Å². The van der Waals surface area contributed by atoms with E-state index >= 15 is 0 Å². The zero-order valence-corrected chi connectivity index (χ0v) is 9.66. The number of rotatable bonds is 4. The lowest BCUT2D eigenvalue weighted by Crippen LogP contribution is -2.33. The standard InChI is InChI=1S/C10H14N6O/c1-7(9-3-12-13-4-9)15-10(17)8(2)16-6-11-5-14-16/h3-8H,1-2H3,(H,12,13)(H,15,17). The van der Waals surface area contributed by atoms with Crippen molar-refractivity contribution in [3.8, 4) is 0 Å². The summed E-state index contributed by atoms with van der Waals surface area (Å²) >= 11 is 0. The largest absolute Gasteiger partial charge is 0.348 e. The summed E-state index contributed by atoms with van der Waals surface area (Å²) in [6.07, 6.45) is 6.37. The third-order valence-corrected chi connectivity index (χ3v) is 2.59. The van der Waals surface area contributed by atoms with Gasteiger partial charge < -0.3 is 5.32 Å². The molecule has 2 aromatic rings. The number of nitrogens with zero attached hydrogens (tertiary/aromatic N) is 4. The van der Waals surface area contributed by atoms with Crippen LogP contribution in [-0.4, -0.2) is 30.9 Å². The van der Waals surface area contributed by atoms with Gasteiger partial charge in [0.15, 0.2) is 0 Å². The van der Waals surface area contributed by atoms with E-state index in [9.17, 15) is 4.79 Å². The Hall–Kier alpha value is -2.18. The second-order valence-corrected chi connectivity index (χ2v) is 3.81. The van der Waals surface area contributed by atoms with Crippen LogP contribution in [-0.2, 0) is 4.79 Å².